The van der Waals surface area contributed by atoms with Crippen LogP contribution in [0, 0.1) is 6.92 Å². The molecule has 0 aliphatic carbocycles. The van der Waals surface area contributed by atoms with Crippen LogP contribution in [0.4, 0.5) is 0 Å². The Hall–Kier alpha value is -3.55. The zero-order valence-corrected chi connectivity index (χ0v) is 17.8. The molecule has 1 aliphatic heterocycles. The van der Waals surface area contributed by atoms with E-state index in [-0.39, 0.29) is 18.6 Å². The van der Waals surface area contributed by atoms with Crippen molar-refractivity contribution in [3.05, 3.63) is 65.3 Å². The van der Waals surface area contributed by atoms with Crippen LogP contribution < -0.4 is 14.2 Å². The van der Waals surface area contributed by atoms with Gasteiger partial charge < -0.3 is 23.6 Å². The van der Waals surface area contributed by atoms with Gasteiger partial charge in [-0.05, 0) is 55.3 Å². The Morgan fingerprint density at radius 3 is 2.58 bits per heavy atom. The summed E-state index contributed by atoms with van der Waals surface area (Å²) in [6, 6.07) is 12.7. The molecule has 1 unspecified atom stereocenters. The van der Waals surface area contributed by atoms with Crippen molar-refractivity contribution in [2.24, 2.45) is 0 Å². The van der Waals surface area contributed by atoms with E-state index in [2.05, 4.69) is 10.1 Å². The summed E-state index contributed by atoms with van der Waals surface area (Å²) in [5, 5.41) is 3.80. The second-order valence-electron chi connectivity index (χ2n) is 7.31. The van der Waals surface area contributed by atoms with Crippen LogP contribution in [0.25, 0.3) is 0 Å². The Morgan fingerprint density at radius 1 is 1.13 bits per heavy atom. The topological polar surface area (TPSA) is 86.9 Å². The van der Waals surface area contributed by atoms with Gasteiger partial charge in [0.1, 0.15) is 17.2 Å². The SMILES string of the molecule is COc1ccc(OC)c(C2CCCN2C(=O)c2ccc(OCc3noc(C)n3)cc2)c1. The number of amides is 1. The average Bonchev–Trinajstić information content (AvgIpc) is 3.46. The first-order valence-electron chi connectivity index (χ1n) is 10.1. The monoisotopic (exact) mass is 423 g/mol. The number of hydrogen-bond acceptors (Lipinski definition) is 7. The van der Waals surface area contributed by atoms with Gasteiger partial charge in [-0.3, -0.25) is 4.79 Å². The van der Waals surface area contributed by atoms with Crippen LogP contribution in [-0.2, 0) is 6.61 Å². The maximum Gasteiger partial charge on any atom is 0.254 e. The van der Waals surface area contributed by atoms with Crippen molar-refractivity contribution in [1.29, 1.82) is 0 Å². The number of hydrogen-bond donors (Lipinski definition) is 0. The van der Waals surface area contributed by atoms with Crippen LogP contribution >= 0.6 is 0 Å². The summed E-state index contributed by atoms with van der Waals surface area (Å²) in [7, 11) is 3.27. The maximum absolute atomic E-state index is 13.3. The van der Waals surface area contributed by atoms with Crippen molar-refractivity contribution in [3.8, 4) is 17.2 Å². The van der Waals surface area contributed by atoms with E-state index in [0.29, 0.717) is 29.6 Å². The van der Waals surface area contributed by atoms with Crippen molar-refractivity contribution in [2.45, 2.75) is 32.4 Å². The van der Waals surface area contributed by atoms with Gasteiger partial charge in [-0.2, -0.15) is 4.98 Å². The van der Waals surface area contributed by atoms with Gasteiger partial charge in [0.05, 0.1) is 20.3 Å². The van der Waals surface area contributed by atoms with Gasteiger partial charge in [-0.25, -0.2) is 0 Å². The zero-order chi connectivity index (χ0) is 21.8. The van der Waals surface area contributed by atoms with Crippen LogP contribution in [0.1, 0.15) is 46.5 Å². The van der Waals surface area contributed by atoms with Crippen LogP contribution in [0.15, 0.2) is 47.0 Å². The fraction of sp³-hybridized carbons (Fsp3) is 0.348. The molecule has 4 rings (SSSR count). The van der Waals surface area contributed by atoms with E-state index in [0.717, 1.165) is 29.9 Å². The summed E-state index contributed by atoms with van der Waals surface area (Å²) in [4.78, 5) is 19.3. The highest BCUT2D eigenvalue weighted by molar-refractivity contribution is 5.94. The number of carbonyl (C=O) groups is 1. The number of carbonyl (C=O) groups excluding carboxylic acids is 1. The first-order valence-corrected chi connectivity index (χ1v) is 10.1. The Balaban J connectivity index is 1.48. The molecule has 0 N–H and O–H groups in total. The van der Waals surface area contributed by atoms with E-state index in [9.17, 15) is 4.79 Å². The molecule has 1 atom stereocenters. The molecule has 1 aliphatic rings. The molecule has 8 heteroatoms. The number of benzene rings is 2. The third-order valence-corrected chi connectivity index (χ3v) is 5.35. The quantitative estimate of drug-likeness (QED) is 0.569. The summed E-state index contributed by atoms with van der Waals surface area (Å²) in [5.74, 6) is 3.08. The lowest BCUT2D eigenvalue weighted by atomic mass is 10.0. The summed E-state index contributed by atoms with van der Waals surface area (Å²) in [6.07, 6.45) is 1.81. The minimum absolute atomic E-state index is 0.0206. The average molecular weight is 423 g/mol. The molecule has 0 saturated carbocycles. The normalized spacial score (nSPS) is 15.7. The highest BCUT2D eigenvalue weighted by Gasteiger charge is 2.32. The Labute approximate surface area is 180 Å². The van der Waals surface area contributed by atoms with E-state index >= 15 is 0 Å². The molecular formula is C23H25N3O5. The van der Waals surface area contributed by atoms with Gasteiger partial charge in [0.15, 0.2) is 6.61 Å². The standard InChI is InChI=1S/C23H25N3O5/c1-15-24-22(25-31-15)14-30-17-8-6-16(7-9-17)23(27)26-12-4-5-20(26)19-13-18(28-2)10-11-21(19)29-3/h6-11,13,20H,4-5,12,14H2,1-3H3. The summed E-state index contributed by atoms with van der Waals surface area (Å²) in [6.45, 7) is 2.62. The van der Waals surface area contributed by atoms with Crippen LogP contribution in [0.5, 0.6) is 17.2 Å². The number of nitrogens with zero attached hydrogens (tertiary/aromatic N) is 3. The lowest BCUT2D eigenvalue weighted by Crippen LogP contribution is -2.30. The summed E-state index contributed by atoms with van der Waals surface area (Å²) >= 11 is 0. The predicted molar refractivity (Wildman–Crippen MR) is 112 cm³/mol. The van der Waals surface area contributed by atoms with Gasteiger partial charge >= 0.3 is 0 Å². The number of rotatable bonds is 7. The fourth-order valence-corrected chi connectivity index (χ4v) is 3.84. The van der Waals surface area contributed by atoms with E-state index in [4.69, 9.17) is 18.7 Å². The molecule has 0 radical (unpaired) electrons. The Kier molecular flexibility index (Phi) is 6.06. The second-order valence-corrected chi connectivity index (χ2v) is 7.31. The lowest BCUT2D eigenvalue weighted by molar-refractivity contribution is 0.0734. The molecule has 1 fully saturated rings. The van der Waals surface area contributed by atoms with Crippen molar-refractivity contribution in [1.82, 2.24) is 15.0 Å². The Morgan fingerprint density at radius 2 is 1.90 bits per heavy atom. The van der Waals surface area contributed by atoms with Crippen molar-refractivity contribution < 1.29 is 23.5 Å². The third-order valence-electron chi connectivity index (χ3n) is 5.35. The number of methoxy groups -OCH3 is 2. The van der Waals surface area contributed by atoms with E-state index in [1.54, 1.807) is 45.4 Å². The van der Waals surface area contributed by atoms with Crippen molar-refractivity contribution in [3.63, 3.8) is 0 Å². The molecule has 31 heavy (non-hydrogen) atoms. The van der Waals surface area contributed by atoms with Gasteiger partial charge in [0, 0.05) is 24.6 Å². The van der Waals surface area contributed by atoms with E-state index in [1.165, 1.54) is 0 Å². The van der Waals surface area contributed by atoms with E-state index < -0.39 is 0 Å². The second kappa shape index (κ2) is 9.07. The first kappa shape index (κ1) is 20.7. The molecule has 0 bridgehead atoms. The highest BCUT2D eigenvalue weighted by Crippen LogP contribution is 2.39. The third kappa shape index (κ3) is 4.47. The zero-order valence-electron chi connectivity index (χ0n) is 17.8. The molecule has 0 spiro atoms. The number of ether oxygens (including phenoxy) is 3. The maximum atomic E-state index is 13.3. The van der Waals surface area contributed by atoms with Gasteiger partial charge in [0.2, 0.25) is 11.7 Å². The molecule has 1 saturated heterocycles. The van der Waals surface area contributed by atoms with Crippen LogP contribution in [0.3, 0.4) is 0 Å². The molecule has 2 aromatic carbocycles. The van der Waals surface area contributed by atoms with Gasteiger partial charge in [-0.1, -0.05) is 5.16 Å². The summed E-state index contributed by atoms with van der Waals surface area (Å²) < 4.78 is 21.5. The molecule has 1 amide bonds. The minimum Gasteiger partial charge on any atom is -0.497 e. The predicted octanol–water partition coefficient (Wildman–Crippen LogP) is 3.95. The number of aryl methyl sites for hydroxylation is 1. The van der Waals surface area contributed by atoms with E-state index in [1.807, 2.05) is 23.1 Å². The minimum atomic E-state index is -0.0602. The Bertz CT molecular complexity index is 1050. The van der Waals surface area contributed by atoms with Crippen molar-refractivity contribution >= 4 is 5.91 Å². The molecule has 162 valence electrons. The fourth-order valence-electron chi connectivity index (χ4n) is 3.84. The van der Waals surface area contributed by atoms with Crippen LogP contribution in [-0.4, -0.2) is 41.7 Å². The smallest absolute Gasteiger partial charge is 0.254 e. The largest absolute Gasteiger partial charge is 0.497 e. The summed E-state index contributed by atoms with van der Waals surface area (Å²) in [5.41, 5.74) is 1.57. The molecule has 1 aromatic heterocycles. The molecule has 2 heterocycles. The molecule has 3 aromatic rings. The van der Waals surface area contributed by atoms with Gasteiger partial charge in [-0.15, -0.1) is 0 Å². The number of likely N-dealkylation sites (tertiary alicyclic amines) is 1. The number of aromatic nitrogens is 2. The molecular weight excluding hydrogens is 398 g/mol. The molecule has 8 nitrogen and oxygen atoms in total. The lowest BCUT2D eigenvalue weighted by Gasteiger charge is -2.27. The first-order chi connectivity index (χ1) is 15.1. The van der Waals surface area contributed by atoms with Gasteiger partial charge in [0.25, 0.3) is 5.91 Å². The van der Waals surface area contributed by atoms with Crippen molar-refractivity contribution in [2.75, 3.05) is 20.8 Å². The van der Waals surface area contributed by atoms with Crippen LogP contribution in [0.2, 0.25) is 0 Å². The highest BCUT2D eigenvalue weighted by atomic mass is 16.5.